The smallest absolute Gasteiger partial charge is 0.317 e. The van der Waals surface area contributed by atoms with Gasteiger partial charge in [0.15, 0.2) is 5.44 Å². The van der Waals surface area contributed by atoms with Gasteiger partial charge in [-0.25, -0.2) is 0 Å². The molecule has 0 spiro atoms. The van der Waals surface area contributed by atoms with Gasteiger partial charge < -0.3 is 4.74 Å². The van der Waals surface area contributed by atoms with Crippen molar-refractivity contribution in [2.45, 2.75) is 44.7 Å². The number of hydrogen-bond donors (Lipinski definition) is 0. The van der Waals surface area contributed by atoms with E-state index in [4.69, 9.17) is 4.74 Å². The first-order chi connectivity index (χ1) is 8.27. The van der Waals surface area contributed by atoms with Crippen molar-refractivity contribution in [1.82, 2.24) is 0 Å². The lowest BCUT2D eigenvalue weighted by Gasteiger charge is -2.34. The van der Waals surface area contributed by atoms with Crippen LogP contribution < -0.4 is 0 Å². The summed E-state index contributed by atoms with van der Waals surface area (Å²) < 4.78 is 5.70. The van der Waals surface area contributed by atoms with Gasteiger partial charge in [-0.3, -0.25) is 4.79 Å². The van der Waals surface area contributed by atoms with Gasteiger partial charge in [0.25, 0.3) is 0 Å². The monoisotopic (exact) mass is 308 g/mol. The van der Waals surface area contributed by atoms with Gasteiger partial charge in [-0.05, 0) is 25.4 Å². The van der Waals surface area contributed by atoms with Gasteiger partial charge in [-0.1, -0.05) is 20.8 Å². The highest BCUT2D eigenvalue weighted by molar-refractivity contribution is 8.06. The van der Waals surface area contributed by atoms with Crippen LogP contribution in [0.15, 0.2) is 0 Å². The number of hydrogen-bond acceptors (Lipinski definition) is 4. The largest absolute Gasteiger partial charge is 0.450 e. The minimum Gasteiger partial charge on any atom is -0.450 e. The molecule has 0 aromatic heterocycles. The maximum atomic E-state index is 12.4. The molecule has 0 saturated carbocycles. The molecule has 0 aromatic rings. The molecule has 0 aromatic carbocycles. The first-order valence-electron chi connectivity index (χ1n) is 6.36. The molecule has 5 heteroatoms. The van der Waals surface area contributed by atoms with Crippen molar-refractivity contribution in [2.24, 2.45) is 5.41 Å². The van der Waals surface area contributed by atoms with E-state index in [0.29, 0.717) is 8.58 Å². The second-order valence-electron chi connectivity index (χ2n) is 6.10. The molecular formula is C13H25O2PS2. The third-order valence-electron chi connectivity index (χ3n) is 2.91. The SMILES string of the molecule is CPC(C)(CC(C)(C)C)C(=O)OC1CSCCS1. The maximum absolute atomic E-state index is 12.4. The minimum atomic E-state index is -0.319. The summed E-state index contributed by atoms with van der Waals surface area (Å²) in [6.45, 7) is 10.7. The first-order valence-corrected chi connectivity index (χ1v) is 10.1. The lowest BCUT2D eigenvalue weighted by Crippen LogP contribution is -2.38. The van der Waals surface area contributed by atoms with Crippen molar-refractivity contribution in [3.63, 3.8) is 0 Å². The van der Waals surface area contributed by atoms with Crippen molar-refractivity contribution in [1.29, 1.82) is 0 Å². The highest BCUT2D eigenvalue weighted by Crippen LogP contribution is 2.41. The summed E-state index contributed by atoms with van der Waals surface area (Å²) in [7, 11) is 0.586. The van der Waals surface area contributed by atoms with Gasteiger partial charge in [0, 0.05) is 17.3 Å². The number of ether oxygens (including phenoxy) is 1. The van der Waals surface area contributed by atoms with E-state index in [-0.39, 0.29) is 22.0 Å². The molecule has 1 aliphatic heterocycles. The van der Waals surface area contributed by atoms with Crippen molar-refractivity contribution in [3.05, 3.63) is 0 Å². The number of thioether (sulfide) groups is 2. The summed E-state index contributed by atoms with van der Waals surface area (Å²) in [5, 5.41) is -0.319. The van der Waals surface area contributed by atoms with Gasteiger partial charge in [0.05, 0.1) is 5.16 Å². The van der Waals surface area contributed by atoms with Crippen molar-refractivity contribution in [2.75, 3.05) is 23.9 Å². The summed E-state index contributed by atoms with van der Waals surface area (Å²) in [6, 6.07) is 0. The quantitative estimate of drug-likeness (QED) is 0.582. The van der Waals surface area contributed by atoms with Gasteiger partial charge >= 0.3 is 5.97 Å². The number of carbonyl (C=O) groups is 1. The van der Waals surface area contributed by atoms with E-state index in [0.717, 1.165) is 17.9 Å². The van der Waals surface area contributed by atoms with Crippen LogP contribution in [0.25, 0.3) is 0 Å². The molecule has 1 rings (SSSR count). The predicted molar refractivity (Wildman–Crippen MR) is 86.4 cm³/mol. The fraction of sp³-hybridized carbons (Fsp3) is 0.923. The first kappa shape index (κ1) is 16.7. The third kappa shape index (κ3) is 5.30. The van der Waals surface area contributed by atoms with Gasteiger partial charge in [-0.2, -0.15) is 11.8 Å². The molecule has 0 radical (unpaired) electrons. The van der Waals surface area contributed by atoms with Crippen LogP contribution in [0, 0.1) is 5.41 Å². The summed E-state index contributed by atoms with van der Waals surface area (Å²) >= 11 is 3.66. The molecule has 1 aliphatic rings. The Morgan fingerprint density at radius 3 is 2.44 bits per heavy atom. The Balaban J connectivity index is 2.60. The normalized spacial score (nSPS) is 25.1. The Hall–Kier alpha value is 0.600. The van der Waals surface area contributed by atoms with Gasteiger partial charge in [0.1, 0.15) is 0 Å². The molecule has 1 fully saturated rings. The molecule has 1 heterocycles. The standard InChI is InChI=1S/C13H25O2PS2/c1-12(2,3)9-13(4,16-5)11(14)15-10-8-17-6-7-18-10/h10,16H,6-9H2,1-5H3. The van der Waals surface area contributed by atoms with Crippen LogP contribution in [0.3, 0.4) is 0 Å². The van der Waals surface area contributed by atoms with Crippen LogP contribution >= 0.6 is 32.1 Å². The second kappa shape index (κ2) is 6.85. The topological polar surface area (TPSA) is 26.3 Å². The van der Waals surface area contributed by atoms with Crippen LogP contribution in [-0.4, -0.2) is 40.5 Å². The van der Waals surface area contributed by atoms with Gasteiger partial charge in [0.2, 0.25) is 0 Å². The van der Waals surface area contributed by atoms with Crippen LogP contribution in [-0.2, 0) is 9.53 Å². The zero-order valence-corrected chi connectivity index (χ0v) is 14.7. The molecule has 2 nitrogen and oxygen atoms in total. The summed E-state index contributed by atoms with van der Waals surface area (Å²) in [6.07, 6.45) is 0.887. The summed E-state index contributed by atoms with van der Waals surface area (Å²) in [4.78, 5) is 12.4. The van der Waals surface area contributed by atoms with E-state index >= 15 is 0 Å². The van der Waals surface area contributed by atoms with E-state index in [9.17, 15) is 4.79 Å². The molecule has 18 heavy (non-hydrogen) atoms. The van der Waals surface area contributed by atoms with E-state index in [2.05, 4.69) is 34.4 Å². The molecule has 1 saturated heterocycles. The Kier molecular flexibility index (Phi) is 6.34. The average Bonchev–Trinajstić information content (AvgIpc) is 2.28. The highest BCUT2D eigenvalue weighted by Gasteiger charge is 2.38. The third-order valence-corrected chi connectivity index (χ3v) is 6.97. The number of carbonyl (C=O) groups excluding carboxylic acids is 1. The van der Waals surface area contributed by atoms with Crippen molar-refractivity contribution < 1.29 is 9.53 Å². The highest BCUT2D eigenvalue weighted by atomic mass is 32.2. The van der Waals surface area contributed by atoms with E-state index in [1.54, 1.807) is 11.8 Å². The van der Waals surface area contributed by atoms with Crippen LogP contribution in [0.2, 0.25) is 0 Å². The van der Waals surface area contributed by atoms with Gasteiger partial charge in [-0.15, -0.1) is 20.3 Å². The Bertz CT molecular complexity index is 285. The van der Waals surface area contributed by atoms with Crippen LogP contribution in [0.1, 0.15) is 34.1 Å². The number of rotatable bonds is 4. The maximum Gasteiger partial charge on any atom is 0.317 e. The van der Waals surface area contributed by atoms with E-state index < -0.39 is 0 Å². The van der Waals surface area contributed by atoms with Crippen molar-refractivity contribution >= 4 is 38.1 Å². The van der Waals surface area contributed by atoms with E-state index in [1.807, 2.05) is 11.8 Å². The van der Waals surface area contributed by atoms with Crippen molar-refractivity contribution in [3.8, 4) is 0 Å². The Morgan fingerprint density at radius 2 is 2.00 bits per heavy atom. The fourth-order valence-corrected chi connectivity index (χ4v) is 5.45. The average molecular weight is 308 g/mol. The molecular weight excluding hydrogens is 283 g/mol. The fourth-order valence-electron chi connectivity index (χ4n) is 2.11. The minimum absolute atomic E-state index is 0.00161. The molecule has 0 bridgehead atoms. The molecule has 0 amide bonds. The Labute approximate surface area is 122 Å². The molecule has 3 unspecified atom stereocenters. The molecule has 3 atom stereocenters. The summed E-state index contributed by atoms with van der Waals surface area (Å²) in [5.41, 5.74) is 0.220. The lowest BCUT2D eigenvalue weighted by molar-refractivity contribution is -0.147. The zero-order chi connectivity index (χ0) is 13.8. The lowest BCUT2D eigenvalue weighted by atomic mass is 9.85. The zero-order valence-electron chi connectivity index (χ0n) is 12.0. The Morgan fingerprint density at radius 1 is 1.33 bits per heavy atom. The van der Waals surface area contributed by atoms with E-state index in [1.165, 1.54) is 5.75 Å². The molecule has 0 aliphatic carbocycles. The summed E-state index contributed by atoms with van der Waals surface area (Å²) in [5.74, 6) is 3.20. The predicted octanol–water partition coefficient (Wildman–Crippen LogP) is 3.84. The molecule has 0 N–H and O–H groups in total. The van der Waals surface area contributed by atoms with Crippen LogP contribution in [0.5, 0.6) is 0 Å². The second-order valence-corrected chi connectivity index (χ2v) is 10.1. The van der Waals surface area contributed by atoms with Crippen LogP contribution in [0.4, 0.5) is 0 Å². The molecule has 106 valence electrons. The number of esters is 1.